The van der Waals surface area contributed by atoms with Gasteiger partial charge in [0.15, 0.2) is 0 Å². The molecule has 4 heteroatoms. The molecule has 100 valence electrons. The molecule has 0 unspecified atom stereocenters. The lowest BCUT2D eigenvalue weighted by atomic mass is 10.2. The normalized spacial score (nSPS) is 16.7. The second kappa shape index (κ2) is 7.36. The Morgan fingerprint density at radius 2 is 2.06 bits per heavy atom. The fourth-order valence-corrected chi connectivity index (χ4v) is 2.35. The van der Waals surface area contributed by atoms with Crippen LogP contribution in [0.4, 0.5) is 0 Å². The van der Waals surface area contributed by atoms with Crippen molar-refractivity contribution in [2.75, 3.05) is 46.5 Å². The molecule has 0 amide bonds. The minimum Gasteiger partial charge on any atom is -0.496 e. The molecule has 3 N–H and O–H groups in total. The average Bonchev–Trinajstić information content (AvgIpc) is 2.45. The van der Waals surface area contributed by atoms with Gasteiger partial charge in [0.05, 0.1) is 20.3 Å². The highest BCUT2D eigenvalue weighted by molar-refractivity contribution is 5.32. The molecule has 0 atom stereocenters. The Kier molecular flexibility index (Phi) is 5.45. The van der Waals surface area contributed by atoms with E-state index in [1.54, 1.807) is 12.0 Å². The number of para-hydroxylation sites is 1. The number of nitrogens with two attached hydrogens (primary N) is 1. The van der Waals surface area contributed by atoms with Crippen molar-refractivity contribution in [1.82, 2.24) is 0 Å². The maximum Gasteiger partial charge on any atom is 0.127 e. The van der Waals surface area contributed by atoms with Gasteiger partial charge in [-0.15, -0.1) is 0 Å². The molecule has 0 radical (unpaired) electrons. The summed E-state index contributed by atoms with van der Waals surface area (Å²) in [5.41, 5.74) is 1.27. The predicted molar refractivity (Wildman–Crippen MR) is 69.9 cm³/mol. The number of rotatable bonds is 6. The number of nitrogens with one attached hydrogen (secondary N) is 1. The van der Waals surface area contributed by atoms with Crippen LogP contribution in [0.1, 0.15) is 5.56 Å². The third-order valence-corrected chi connectivity index (χ3v) is 3.46. The Balaban J connectivity index is 1.68. The van der Waals surface area contributed by atoms with Crippen LogP contribution < -0.4 is 15.0 Å². The number of hydrogen-bond acceptors (Lipinski definition) is 2. The van der Waals surface area contributed by atoms with E-state index >= 15 is 0 Å². The van der Waals surface area contributed by atoms with Gasteiger partial charge in [-0.3, -0.25) is 0 Å². The van der Waals surface area contributed by atoms with Gasteiger partial charge in [0.25, 0.3) is 0 Å². The summed E-state index contributed by atoms with van der Waals surface area (Å²) in [5.74, 6) is 0.993. The molecule has 0 saturated carbocycles. The molecule has 0 aromatic heterocycles. The summed E-state index contributed by atoms with van der Waals surface area (Å²) in [6.45, 7) is 7.52. The summed E-state index contributed by atoms with van der Waals surface area (Å²) in [4.78, 5) is 1.66. The van der Waals surface area contributed by atoms with Gasteiger partial charge < -0.3 is 19.7 Å². The maximum absolute atomic E-state index is 5.36. The molecule has 2 rings (SSSR count). The van der Waals surface area contributed by atoms with Crippen molar-refractivity contribution >= 4 is 0 Å². The van der Waals surface area contributed by atoms with Crippen molar-refractivity contribution < 1.29 is 19.7 Å². The highest BCUT2D eigenvalue weighted by Crippen LogP contribution is 2.15. The van der Waals surface area contributed by atoms with Gasteiger partial charge in [-0.1, -0.05) is 12.1 Å². The topological polar surface area (TPSA) is 39.5 Å². The summed E-state index contributed by atoms with van der Waals surface area (Å²) < 4.78 is 10.7. The molecule has 18 heavy (non-hydrogen) atoms. The third-order valence-electron chi connectivity index (χ3n) is 3.46. The zero-order valence-electron chi connectivity index (χ0n) is 11.2. The molecule has 0 aliphatic carbocycles. The molecule has 1 aliphatic rings. The van der Waals surface area contributed by atoms with Crippen LogP contribution in [0.3, 0.4) is 0 Å². The van der Waals surface area contributed by atoms with E-state index in [2.05, 4.69) is 17.4 Å². The fourth-order valence-electron chi connectivity index (χ4n) is 2.35. The molecule has 0 spiro atoms. The van der Waals surface area contributed by atoms with E-state index in [9.17, 15) is 0 Å². The Morgan fingerprint density at radius 1 is 1.28 bits per heavy atom. The van der Waals surface area contributed by atoms with Crippen LogP contribution in [0.2, 0.25) is 0 Å². The smallest absolute Gasteiger partial charge is 0.127 e. The van der Waals surface area contributed by atoms with Gasteiger partial charge in [0, 0.05) is 5.56 Å². The molecular formula is C14H24N2O2+2. The Hall–Kier alpha value is -1.10. The number of methoxy groups -OCH3 is 1. The monoisotopic (exact) mass is 252 g/mol. The van der Waals surface area contributed by atoms with Gasteiger partial charge in [-0.25, -0.2) is 0 Å². The number of hydrogen-bond donors (Lipinski definition) is 2. The molecule has 0 bridgehead atoms. The summed E-state index contributed by atoms with van der Waals surface area (Å²) in [5, 5.41) is 2.36. The van der Waals surface area contributed by atoms with Crippen molar-refractivity contribution in [2.24, 2.45) is 0 Å². The fraction of sp³-hybridized carbons (Fsp3) is 0.571. The Bertz CT molecular complexity index is 351. The van der Waals surface area contributed by atoms with E-state index in [0.29, 0.717) is 0 Å². The third kappa shape index (κ3) is 3.98. The first-order chi connectivity index (χ1) is 8.90. The molecule has 1 saturated heterocycles. The van der Waals surface area contributed by atoms with Crippen molar-refractivity contribution in [3.63, 3.8) is 0 Å². The lowest BCUT2D eigenvalue weighted by Crippen LogP contribution is -3.16. The highest BCUT2D eigenvalue weighted by atomic mass is 16.5. The SMILES string of the molecule is COc1ccccc1C[NH2+]CC[NH+]1CCOCC1. The largest absolute Gasteiger partial charge is 0.496 e. The first-order valence-electron chi connectivity index (χ1n) is 6.75. The molecule has 1 aliphatic heterocycles. The van der Waals surface area contributed by atoms with Crippen molar-refractivity contribution in [3.8, 4) is 5.75 Å². The first kappa shape index (κ1) is 13.3. The summed E-state index contributed by atoms with van der Waals surface area (Å²) in [7, 11) is 1.73. The lowest BCUT2D eigenvalue weighted by molar-refractivity contribution is -0.920. The predicted octanol–water partition coefficient (Wildman–Crippen LogP) is -1.33. The van der Waals surface area contributed by atoms with Crippen LogP contribution in [0.15, 0.2) is 24.3 Å². The zero-order chi connectivity index (χ0) is 12.6. The van der Waals surface area contributed by atoms with Crippen LogP contribution >= 0.6 is 0 Å². The number of benzene rings is 1. The van der Waals surface area contributed by atoms with E-state index in [0.717, 1.165) is 45.1 Å². The molecule has 1 aromatic rings. The Labute approximate surface area is 109 Å². The second-order valence-electron chi connectivity index (χ2n) is 4.71. The minimum atomic E-state index is 0.918. The quantitative estimate of drug-likeness (QED) is 0.616. The van der Waals surface area contributed by atoms with Crippen molar-refractivity contribution in [1.29, 1.82) is 0 Å². The standard InChI is InChI=1S/C14H22N2O2/c1-17-14-5-3-2-4-13(14)12-15-6-7-16-8-10-18-11-9-16/h2-5,15H,6-12H2,1H3/p+2. The molecule has 1 heterocycles. The van der Waals surface area contributed by atoms with Gasteiger partial charge >= 0.3 is 0 Å². The summed E-state index contributed by atoms with van der Waals surface area (Å²) >= 11 is 0. The number of quaternary nitrogens is 2. The van der Waals surface area contributed by atoms with Crippen LogP contribution in [-0.4, -0.2) is 46.5 Å². The Morgan fingerprint density at radius 3 is 2.83 bits per heavy atom. The molecule has 4 nitrogen and oxygen atoms in total. The van der Waals surface area contributed by atoms with Gasteiger partial charge in [-0.05, 0) is 12.1 Å². The van der Waals surface area contributed by atoms with Crippen LogP contribution in [0.25, 0.3) is 0 Å². The van der Waals surface area contributed by atoms with Crippen LogP contribution in [-0.2, 0) is 11.3 Å². The van der Waals surface area contributed by atoms with Crippen LogP contribution in [0, 0.1) is 0 Å². The van der Waals surface area contributed by atoms with E-state index in [1.807, 2.05) is 12.1 Å². The van der Waals surface area contributed by atoms with Crippen molar-refractivity contribution in [2.45, 2.75) is 6.54 Å². The molecular weight excluding hydrogens is 228 g/mol. The zero-order valence-corrected chi connectivity index (χ0v) is 11.2. The maximum atomic E-state index is 5.36. The van der Waals surface area contributed by atoms with E-state index in [4.69, 9.17) is 9.47 Å². The number of morpholine rings is 1. The molecule has 1 aromatic carbocycles. The van der Waals surface area contributed by atoms with E-state index in [-0.39, 0.29) is 0 Å². The number of ether oxygens (including phenoxy) is 2. The summed E-state index contributed by atoms with van der Waals surface area (Å²) in [6, 6.07) is 8.24. The second-order valence-corrected chi connectivity index (χ2v) is 4.71. The van der Waals surface area contributed by atoms with Crippen LogP contribution in [0.5, 0.6) is 5.75 Å². The van der Waals surface area contributed by atoms with Crippen molar-refractivity contribution in [3.05, 3.63) is 29.8 Å². The van der Waals surface area contributed by atoms with E-state index in [1.165, 1.54) is 12.1 Å². The highest BCUT2D eigenvalue weighted by Gasteiger charge is 2.13. The molecule has 1 fully saturated rings. The lowest BCUT2D eigenvalue weighted by Gasteiger charge is -2.22. The van der Waals surface area contributed by atoms with Gasteiger partial charge in [-0.2, -0.15) is 0 Å². The van der Waals surface area contributed by atoms with Gasteiger partial charge in [0.1, 0.15) is 38.5 Å². The first-order valence-corrected chi connectivity index (χ1v) is 6.75. The van der Waals surface area contributed by atoms with E-state index < -0.39 is 0 Å². The average molecular weight is 252 g/mol. The minimum absolute atomic E-state index is 0.918. The van der Waals surface area contributed by atoms with Gasteiger partial charge in [0.2, 0.25) is 0 Å². The summed E-state index contributed by atoms with van der Waals surface area (Å²) in [6.07, 6.45) is 0.